The monoisotopic (exact) mass is 358 g/mol. The van der Waals surface area contributed by atoms with Gasteiger partial charge in [0.1, 0.15) is 5.49 Å². The van der Waals surface area contributed by atoms with Gasteiger partial charge in [0, 0.05) is 16.1 Å². The number of amides is 1. The molecule has 0 bridgehead atoms. The third-order valence-corrected chi connectivity index (χ3v) is 4.11. The van der Waals surface area contributed by atoms with E-state index >= 15 is 0 Å². The van der Waals surface area contributed by atoms with Gasteiger partial charge in [-0.25, -0.2) is 0 Å². The predicted molar refractivity (Wildman–Crippen MR) is 81.6 cm³/mol. The number of benzene rings is 1. The van der Waals surface area contributed by atoms with Crippen molar-refractivity contribution in [1.82, 2.24) is 4.57 Å². The molecule has 1 atom stereocenters. The molecule has 22 heavy (non-hydrogen) atoms. The summed E-state index contributed by atoms with van der Waals surface area (Å²) >= 11 is 9.33. The summed E-state index contributed by atoms with van der Waals surface area (Å²) in [5.74, 6) is -0.792. The highest BCUT2D eigenvalue weighted by Crippen LogP contribution is 2.20. The number of halogens is 2. The van der Waals surface area contributed by atoms with Gasteiger partial charge in [0.05, 0.1) is 17.1 Å². The van der Waals surface area contributed by atoms with Crippen molar-refractivity contribution in [3.8, 4) is 0 Å². The van der Waals surface area contributed by atoms with Gasteiger partial charge < -0.3 is 14.9 Å². The molecule has 1 aromatic carbocycles. The lowest BCUT2D eigenvalue weighted by Crippen LogP contribution is -2.30. The van der Waals surface area contributed by atoms with E-state index in [0.717, 1.165) is 0 Å². The number of nitrogens with two attached hydrogens (primary N) is 1. The number of nitrogens with zero attached hydrogens (tertiary/aromatic N) is 1. The second kappa shape index (κ2) is 6.62. The molecule has 1 heterocycles. The number of primary amides is 1. The van der Waals surface area contributed by atoms with Crippen molar-refractivity contribution >= 4 is 40.2 Å². The summed E-state index contributed by atoms with van der Waals surface area (Å²) in [6.07, 6.45) is 1.41. The number of pyridine rings is 1. The molecule has 0 aliphatic rings. The molecule has 0 radical (unpaired) electrons. The van der Waals surface area contributed by atoms with Crippen LogP contribution in [0.5, 0.6) is 0 Å². The molecule has 0 saturated carbocycles. The van der Waals surface area contributed by atoms with Crippen molar-refractivity contribution in [3.63, 3.8) is 0 Å². The van der Waals surface area contributed by atoms with E-state index in [-0.39, 0.29) is 27.5 Å². The number of hydrogen-bond donors (Lipinski definition) is 2. The van der Waals surface area contributed by atoms with Crippen molar-refractivity contribution in [3.05, 3.63) is 57.1 Å². The van der Waals surface area contributed by atoms with Crippen LogP contribution in [0.4, 0.5) is 0 Å². The summed E-state index contributed by atoms with van der Waals surface area (Å²) in [5, 5.41) is 8.53. The maximum atomic E-state index is 11.3. The fourth-order valence-corrected chi connectivity index (χ4v) is 2.88. The topological polar surface area (TPSA) is 112 Å². The lowest BCUT2D eigenvalue weighted by Gasteiger charge is -2.15. The molecule has 1 amide bonds. The van der Waals surface area contributed by atoms with Gasteiger partial charge in [-0.3, -0.25) is 14.4 Å². The van der Waals surface area contributed by atoms with Crippen LogP contribution in [-0.2, 0) is 17.6 Å². The number of nitrogens with one attached hydrogen (secondary N) is 1. The van der Waals surface area contributed by atoms with E-state index in [2.05, 4.69) is 0 Å². The normalized spacial score (nSPS) is 12.1. The summed E-state index contributed by atoms with van der Waals surface area (Å²) in [7, 11) is 0. The van der Waals surface area contributed by atoms with Gasteiger partial charge in [0.2, 0.25) is 0 Å². The molecule has 0 aliphatic carbocycles. The molecule has 0 saturated heterocycles. The van der Waals surface area contributed by atoms with E-state index in [9.17, 15) is 13.6 Å². The molecule has 2 rings (SSSR count). The molecule has 9 heteroatoms. The Morgan fingerprint density at radius 1 is 1.32 bits per heavy atom. The quantitative estimate of drug-likeness (QED) is 0.810. The van der Waals surface area contributed by atoms with Crippen LogP contribution in [0.1, 0.15) is 15.9 Å². The van der Waals surface area contributed by atoms with E-state index in [1.165, 1.54) is 35.0 Å². The predicted octanol–water partition coefficient (Wildman–Crippen LogP) is 1.66. The van der Waals surface area contributed by atoms with Gasteiger partial charge in [-0.1, -0.05) is 23.2 Å². The van der Waals surface area contributed by atoms with Gasteiger partial charge in [-0.05, 0) is 40.9 Å². The third kappa shape index (κ3) is 3.56. The first kappa shape index (κ1) is 16.7. The molecule has 2 aromatic rings. The molecule has 6 nitrogen and oxygen atoms in total. The minimum atomic E-state index is -2.46. The van der Waals surface area contributed by atoms with Crippen molar-refractivity contribution in [2.75, 3.05) is 0 Å². The second-order valence-electron chi connectivity index (χ2n) is 4.40. The van der Waals surface area contributed by atoms with Crippen LogP contribution in [0.25, 0.3) is 0 Å². The number of aromatic nitrogens is 1. The van der Waals surface area contributed by atoms with Gasteiger partial charge >= 0.3 is 0 Å². The Kier molecular flexibility index (Phi) is 5.02. The fourth-order valence-electron chi connectivity index (χ4n) is 1.94. The van der Waals surface area contributed by atoms with E-state index in [0.29, 0.717) is 10.6 Å². The van der Waals surface area contributed by atoms with Gasteiger partial charge in [0.15, 0.2) is 0 Å². The molecule has 0 aliphatic heterocycles. The van der Waals surface area contributed by atoms with E-state index < -0.39 is 17.0 Å². The zero-order chi connectivity index (χ0) is 16.4. The van der Waals surface area contributed by atoms with Gasteiger partial charge in [-0.2, -0.15) is 0 Å². The van der Waals surface area contributed by atoms with Crippen molar-refractivity contribution < 1.29 is 13.6 Å². The molecular weight excluding hydrogens is 349 g/mol. The SMILES string of the molecule is N=c1c(C(N)=O)cc(Cl)cn1Cc1cc(Cl)ccc1S(=O)[O-]. The Morgan fingerprint density at radius 3 is 2.59 bits per heavy atom. The van der Waals surface area contributed by atoms with Gasteiger partial charge in [0.25, 0.3) is 5.91 Å². The maximum absolute atomic E-state index is 11.3. The highest BCUT2D eigenvalue weighted by molar-refractivity contribution is 7.79. The first-order valence-corrected chi connectivity index (χ1v) is 7.74. The van der Waals surface area contributed by atoms with E-state index in [4.69, 9.17) is 34.3 Å². The second-order valence-corrected chi connectivity index (χ2v) is 6.18. The number of carbonyl (C=O) groups is 1. The molecule has 0 spiro atoms. The van der Waals surface area contributed by atoms with Crippen molar-refractivity contribution in [1.29, 1.82) is 5.41 Å². The van der Waals surface area contributed by atoms with Crippen LogP contribution in [0.2, 0.25) is 10.0 Å². The zero-order valence-corrected chi connectivity index (χ0v) is 13.3. The van der Waals surface area contributed by atoms with Crippen LogP contribution in [0.15, 0.2) is 35.4 Å². The first-order chi connectivity index (χ1) is 10.3. The highest BCUT2D eigenvalue weighted by atomic mass is 35.5. The first-order valence-electron chi connectivity index (χ1n) is 5.91. The van der Waals surface area contributed by atoms with Crippen LogP contribution in [-0.4, -0.2) is 19.2 Å². The van der Waals surface area contributed by atoms with Crippen LogP contribution in [0, 0.1) is 5.41 Å². The summed E-state index contributed by atoms with van der Waals surface area (Å²) in [5.41, 5.74) is 5.35. The standard InChI is InChI=1S/C13H11Cl2N3O3S/c14-8-1-2-11(22(20)21)7(3-8)5-18-6-9(15)4-10(12(18)16)13(17)19/h1-4,6,16H,5H2,(H2,17,19)(H,20,21)/p-1. The summed E-state index contributed by atoms with van der Waals surface area (Å²) in [4.78, 5) is 11.4. The Balaban J connectivity index is 2.57. The Labute approximate surface area is 138 Å². The average molecular weight is 359 g/mol. The molecule has 1 unspecified atom stereocenters. The Hall–Kier alpha value is -1.67. The Morgan fingerprint density at radius 2 is 2.00 bits per heavy atom. The maximum Gasteiger partial charge on any atom is 0.252 e. The largest absolute Gasteiger partial charge is 0.768 e. The molecule has 0 fully saturated rings. The minimum Gasteiger partial charge on any atom is -0.768 e. The number of carbonyl (C=O) groups excluding carboxylic acids is 1. The molecule has 116 valence electrons. The van der Waals surface area contributed by atoms with Crippen molar-refractivity contribution in [2.24, 2.45) is 5.73 Å². The number of rotatable bonds is 4. The van der Waals surface area contributed by atoms with E-state index in [1.807, 2.05) is 0 Å². The van der Waals surface area contributed by atoms with E-state index in [1.54, 1.807) is 0 Å². The van der Waals surface area contributed by atoms with Gasteiger partial charge in [-0.15, -0.1) is 0 Å². The summed E-state index contributed by atoms with van der Waals surface area (Å²) in [6.45, 7) is 0.00352. The van der Waals surface area contributed by atoms with Crippen LogP contribution < -0.4 is 11.2 Å². The minimum absolute atomic E-state index is 0.00352. The molecule has 1 aromatic heterocycles. The summed E-state index contributed by atoms with van der Waals surface area (Å²) in [6, 6.07) is 5.58. The fraction of sp³-hybridized carbons (Fsp3) is 0.0769. The smallest absolute Gasteiger partial charge is 0.252 e. The van der Waals surface area contributed by atoms with Crippen molar-refractivity contribution in [2.45, 2.75) is 11.4 Å². The Bertz CT molecular complexity index is 836. The average Bonchev–Trinajstić information content (AvgIpc) is 2.41. The lowest BCUT2D eigenvalue weighted by atomic mass is 10.2. The molecule has 3 N–H and O–H groups in total. The highest BCUT2D eigenvalue weighted by Gasteiger charge is 2.11. The third-order valence-electron chi connectivity index (χ3n) is 2.91. The van der Waals surface area contributed by atoms with Crippen LogP contribution >= 0.6 is 23.2 Å². The number of hydrogen-bond acceptors (Lipinski definition) is 4. The summed E-state index contributed by atoms with van der Waals surface area (Å²) < 4.78 is 23.8. The zero-order valence-electron chi connectivity index (χ0n) is 11.0. The molecular formula is C13H10Cl2N3O3S-. The lowest BCUT2D eigenvalue weighted by molar-refractivity contribution is 0.0997. The van der Waals surface area contributed by atoms with Crippen LogP contribution in [0.3, 0.4) is 0 Å².